The van der Waals surface area contributed by atoms with Crippen molar-refractivity contribution in [1.82, 2.24) is 4.98 Å². The molecule has 2 aliphatic carbocycles. The van der Waals surface area contributed by atoms with Crippen molar-refractivity contribution in [2.24, 2.45) is 11.8 Å². The van der Waals surface area contributed by atoms with Gasteiger partial charge in [0.05, 0.1) is 11.4 Å². The molecule has 7 nitrogen and oxygen atoms in total. The molecule has 1 aromatic carbocycles. The van der Waals surface area contributed by atoms with E-state index in [9.17, 15) is 9.00 Å². The van der Waals surface area contributed by atoms with Gasteiger partial charge < -0.3 is 10.1 Å². The van der Waals surface area contributed by atoms with Crippen LogP contribution < -0.4 is 10.2 Å². The van der Waals surface area contributed by atoms with E-state index in [1.165, 1.54) is 0 Å². The molecule has 1 aromatic heterocycles. The van der Waals surface area contributed by atoms with Crippen LogP contribution in [0.4, 0.5) is 17.2 Å². The normalized spacial score (nSPS) is 24.1. The molecule has 5 rings (SSSR count). The lowest BCUT2D eigenvalue weighted by Crippen LogP contribution is -2.28. The van der Waals surface area contributed by atoms with Crippen LogP contribution in [0.2, 0.25) is 0 Å². The highest BCUT2D eigenvalue weighted by Gasteiger charge is 2.42. The first kappa shape index (κ1) is 25.9. The van der Waals surface area contributed by atoms with Crippen LogP contribution in [0.25, 0.3) is 0 Å². The number of hydrogen-bond donors (Lipinski definition) is 2. The summed E-state index contributed by atoms with van der Waals surface area (Å²) in [5.74, 6) is 8.09. The zero-order valence-corrected chi connectivity index (χ0v) is 23.7. The third-order valence-electron chi connectivity index (χ3n) is 7.48. The van der Waals surface area contributed by atoms with E-state index in [1.807, 2.05) is 19.1 Å². The summed E-state index contributed by atoms with van der Waals surface area (Å²) in [5, 5.41) is 11.9. The molecule has 0 spiro atoms. The minimum atomic E-state index is -0.721. The lowest BCUT2D eigenvalue weighted by atomic mass is 10.0. The van der Waals surface area contributed by atoms with Crippen molar-refractivity contribution in [1.29, 1.82) is 5.41 Å². The van der Waals surface area contributed by atoms with E-state index in [-0.39, 0.29) is 17.9 Å². The Bertz CT molecular complexity index is 1330. The number of benzene rings is 1. The lowest BCUT2D eigenvalue weighted by molar-refractivity contribution is -0.112. The number of nitrogens with zero attached hydrogens (tertiary/aromatic N) is 2. The SMILES string of the molecule is CC#CC(=O)N(c1ccc(NC)c(C(=N)OC2CC3CS(=O)CC3C2)n1)c1cc(C)c(Br)cc1C1CC1. The van der Waals surface area contributed by atoms with Gasteiger partial charge in [-0.1, -0.05) is 21.9 Å². The summed E-state index contributed by atoms with van der Waals surface area (Å²) in [7, 11) is 1.05. The number of ether oxygens (including phenoxy) is 1. The molecule has 2 aromatic rings. The molecule has 1 saturated heterocycles. The third kappa shape index (κ3) is 5.32. The van der Waals surface area contributed by atoms with Gasteiger partial charge in [-0.05, 0) is 98.6 Å². The molecule has 0 radical (unpaired) electrons. The molecule has 194 valence electrons. The van der Waals surface area contributed by atoms with Crippen LogP contribution in [0, 0.1) is 36.0 Å². The molecule has 0 bridgehead atoms. The fourth-order valence-corrected chi connectivity index (χ4v) is 7.74. The number of pyridine rings is 1. The molecule has 2 saturated carbocycles. The molecule has 1 aliphatic heterocycles. The Labute approximate surface area is 228 Å². The number of hydrogen-bond acceptors (Lipinski definition) is 6. The first-order chi connectivity index (χ1) is 17.8. The van der Waals surface area contributed by atoms with Crippen molar-refractivity contribution in [3.8, 4) is 11.8 Å². The van der Waals surface area contributed by atoms with Gasteiger partial charge in [-0.3, -0.25) is 19.3 Å². The summed E-state index contributed by atoms with van der Waals surface area (Å²) in [4.78, 5) is 19.7. The second kappa shape index (κ2) is 10.6. The minimum absolute atomic E-state index is 0.0272. The predicted octanol–water partition coefficient (Wildman–Crippen LogP) is 5.26. The van der Waals surface area contributed by atoms with Gasteiger partial charge in [-0.15, -0.1) is 0 Å². The monoisotopic (exact) mass is 582 g/mol. The van der Waals surface area contributed by atoms with Crippen LogP contribution in [-0.4, -0.2) is 45.7 Å². The third-order valence-corrected chi connectivity index (χ3v) is 9.93. The van der Waals surface area contributed by atoms with Crippen molar-refractivity contribution < 1.29 is 13.7 Å². The Kier molecular flexibility index (Phi) is 7.42. The van der Waals surface area contributed by atoms with E-state index in [0.29, 0.717) is 35.0 Å². The van der Waals surface area contributed by atoms with Gasteiger partial charge in [0.2, 0.25) is 5.90 Å². The van der Waals surface area contributed by atoms with Gasteiger partial charge in [0.1, 0.15) is 17.6 Å². The van der Waals surface area contributed by atoms with E-state index in [1.54, 1.807) is 24.9 Å². The number of aryl methyl sites for hydroxylation is 1. The molecule has 2 heterocycles. The molecule has 37 heavy (non-hydrogen) atoms. The second-order valence-corrected chi connectivity index (χ2v) is 12.5. The maximum atomic E-state index is 13.4. The van der Waals surface area contributed by atoms with Gasteiger partial charge >= 0.3 is 5.91 Å². The molecule has 3 fully saturated rings. The van der Waals surface area contributed by atoms with Crippen LogP contribution in [0.1, 0.15) is 55.3 Å². The van der Waals surface area contributed by atoms with Gasteiger partial charge in [0, 0.05) is 33.8 Å². The summed E-state index contributed by atoms with van der Waals surface area (Å²) >= 11 is 3.64. The van der Waals surface area contributed by atoms with Crippen LogP contribution in [0.5, 0.6) is 0 Å². The van der Waals surface area contributed by atoms with Crippen molar-refractivity contribution in [2.75, 3.05) is 28.8 Å². The zero-order chi connectivity index (χ0) is 26.3. The Morgan fingerprint density at radius 3 is 2.57 bits per heavy atom. The van der Waals surface area contributed by atoms with Crippen LogP contribution >= 0.6 is 15.9 Å². The van der Waals surface area contributed by atoms with Crippen LogP contribution in [-0.2, 0) is 20.3 Å². The largest absolute Gasteiger partial charge is 0.473 e. The number of carbonyl (C=O) groups is 1. The minimum Gasteiger partial charge on any atom is -0.473 e. The average Bonchev–Trinajstić information content (AvgIpc) is 3.56. The number of rotatable bonds is 6. The summed E-state index contributed by atoms with van der Waals surface area (Å²) in [6.45, 7) is 3.64. The molecular formula is C28H31BrN4O3S. The Morgan fingerprint density at radius 1 is 1.24 bits per heavy atom. The number of nitrogens with one attached hydrogen (secondary N) is 2. The highest BCUT2D eigenvalue weighted by molar-refractivity contribution is 9.10. The van der Waals surface area contributed by atoms with Crippen molar-refractivity contribution in [3.05, 3.63) is 45.6 Å². The lowest BCUT2D eigenvalue weighted by Gasteiger charge is -2.25. The molecule has 9 heteroatoms. The van der Waals surface area contributed by atoms with Crippen molar-refractivity contribution >= 4 is 55.7 Å². The zero-order valence-electron chi connectivity index (χ0n) is 21.3. The average molecular weight is 584 g/mol. The Morgan fingerprint density at radius 2 is 1.95 bits per heavy atom. The Balaban J connectivity index is 1.50. The maximum absolute atomic E-state index is 13.4. The van der Waals surface area contributed by atoms with Crippen LogP contribution in [0.15, 0.2) is 28.7 Å². The van der Waals surface area contributed by atoms with Crippen LogP contribution in [0.3, 0.4) is 0 Å². The highest BCUT2D eigenvalue weighted by Crippen LogP contribution is 2.47. The number of carbonyl (C=O) groups excluding carboxylic acids is 1. The molecule has 1 amide bonds. The van der Waals surface area contributed by atoms with Gasteiger partial charge in [0.25, 0.3) is 0 Å². The van der Waals surface area contributed by atoms with E-state index in [4.69, 9.17) is 15.1 Å². The number of amides is 1. The number of halogens is 1. The quantitative estimate of drug-likeness (QED) is 0.275. The van der Waals surface area contributed by atoms with Crippen molar-refractivity contribution in [3.63, 3.8) is 0 Å². The molecule has 2 atom stereocenters. The predicted molar refractivity (Wildman–Crippen MR) is 151 cm³/mol. The van der Waals surface area contributed by atoms with E-state index >= 15 is 0 Å². The highest BCUT2D eigenvalue weighted by atomic mass is 79.9. The number of anilines is 3. The Hall–Kier alpha value is -2.70. The fourth-order valence-electron chi connectivity index (χ4n) is 5.47. The molecular weight excluding hydrogens is 552 g/mol. The van der Waals surface area contributed by atoms with Crippen molar-refractivity contribution in [2.45, 2.75) is 51.6 Å². The smallest absolute Gasteiger partial charge is 0.308 e. The van der Waals surface area contributed by atoms with E-state index in [2.05, 4.69) is 39.2 Å². The molecule has 3 aliphatic rings. The van der Waals surface area contributed by atoms with E-state index < -0.39 is 10.8 Å². The standard InChI is InChI=1S/C28H31BrN4O3S/c1-4-5-26(34)33(24-10-16(2)22(29)13-21(24)17-6-7-17)25-9-8-23(31-3)27(32-25)28(30)36-20-11-18-14-37(35)15-19(18)12-20/h8-10,13,17-20,30-31H,6-7,11-12,14-15H2,1-3H3. The van der Waals surface area contributed by atoms with Gasteiger partial charge in [-0.25, -0.2) is 4.98 Å². The second-order valence-electron chi connectivity index (χ2n) is 10.1. The van der Waals surface area contributed by atoms with Gasteiger partial charge in [0.15, 0.2) is 0 Å². The van der Waals surface area contributed by atoms with E-state index in [0.717, 1.165) is 58.5 Å². The maximum Gasteiger partial charge on any atom is 0.308 e. The summed E-state index contributed by atoms with van der Waals surface area (Å²) < 4.78 is 19.0. The summed E-state index contributed by atoms with van der Waals surface area (Å²) in [5.41, 5.74) is 3.88. The molecule has 2 unspecified atom stereocenters. The first-order valence-electron chi connectivity index (χ1n) is 12.6. The topological polar surface area (TPSA) is 95.4 Å². The molecule has 2 N–H and O–H groups in total. The number of fused-ring (bicyclic) bond motifs is 1. The number of aromatic nitrogens is 1. The first-order valence-corrected chi connectivity index (χ1v) is 14.9. The fraction of sp³-hybridized carbons (Fsp3) is 0.464. The van der Waals surface area contributed by atoms with Gasteiger partial charge in [-0.2, -0.15) is 0 Å². The summed E-state index contributed by atoms with van der Waals surface area (Å²) in [6, 6.07) is 7.70. The summed E-state index contributed by atoms with van der Waals surface area (Å²) in [6.07, 6.45) is 3.70.